The lowest BCUT2D eigenvalue weighted by atomic mass is 10.0. The first kappa shape index (κ1) is 13.0. The minimum absolute atomic E-state index is 0.300. The summed E-state index contributed by atoms with van der Waals surface area (Å²) < 4.78 is 39.8. The predicted octanol–water partition coefficient (Wildman–Crippen LogP) is 3.92. The zero-order valence-electron chi connectivity index (χ0n) is 9.53. The second-order valence-electron chi connectivity index (χ2n) is 3.64. The van der Waals surface area contributed by atoms with Gasteiger partial charge in [0.05, 0.1) is 11.6 Å². The second kappa shape index (κ2) is 5.02. The van der Waals surface area contributed by atoms with Gasteiger partial charge < -0.3 is 4.74 Å². The SMILES string of the molecule is N#Cc1ccc[c]c1-c1ccc(OC(F)(F)F)cc1. The van der Waals surface area contributed by atoms with Gasteiger partial charge in [-0.2, -0.15) is 5.26 Å². The molecule has 2 aromatic rings. The Hall–Kier alpha value is -2.48. The first-order chi connectivity index (χ1) is 8.99. The third-order valence-electron chi connectivity index (χ3n) is 2.35. The average molecular weight is 262 g/mol. The molecule has 0 saturated heterocycles. The van der Waals surface area contributed by atoms with Gasteiger partial charge in [0.1, 0.15) is 5.75 Å². The van der Waals surface area contributed by atoms with E-state index in [1.54, 1.807) is 18.2 Å². The number of hydrogen-bond donors (Lipinski definition) is 0. The summed E-state index contributed by atoms with van der Waals surface area (Å²) in [5.41, 5.74) is 1.56. The maximum absolute atomic E-state index is 12.0. The van der Waals surface area contributed by atoms with E-state index < -0.39 is 6.36 Å². The number of rotatable bonds is 2. The van der Waals surface area contributed by atoms with Gasteiger partial charge >= 0.3 is 6.36 Å². The van der Waals surface area contributed by atoms with E-state index in [1.165, 1.54) is 24.3 Å². The van der Waals surface area contributed by atoms with Crippen molar-refractivity contribution in [1.29, 1.82) is 5.26 Å². The molecule has 2 aromatic carbocycles. The van der Waals surface area contributed by atoms with Gasteiger partial charge in [0.2, 0.25) is 0 Å². The number of benzene rings is 2. The fourth-order valence-electron chi connectivity index (χ4n) is 1.59. The van der Waals surface area contributed by atoms with Crippen molar-refractivity contribution < 1.29 is 17.9 Å². The highest BCUT2D eigenvalue weighted by atomic mass is 19.4. The minimum atomic E-state index is -4.71. The Kier molecular flexibility index (Phi) is 3.43. The summed E-state index contributed by atoms with van der Waals surface area (Å²) in [7, 11) is 0. The van der Waals surface area contributed by atoms with E-state index in [-0.39, 0.29) is 5.75 Å². The fourth-order valence-corrected chi connectivity index (χ4v) is 1.59. The second-order valence-corrected chi connectivity index (χ2v) is 3.64. The number of alkyl halides is 3. The van der Waals surface area contributed by atoms with Crippen molar-refractivity contribution in [1.82, 2.24) is 0 Å². The number of ether oxygens (including phenoxy) is 1. The highest BCUT2D eigenvalue weighted by Crippen LogP contribution is 2.27. The molecular formula is C14H7F3NO. The van der Waals surface area contributed by atoms with Crippen molar-refractivity contribution >= 4 is 0 Å². The zero-order valence-corrected chi connectivity index (χ0v) is 9.53. The molecule has 1 radical (unpaired) electrons. The van der Waals surface area contributed by atoms with Gasteiger partial charge in [0.25, 0.3) is 0 Å². The molecule has 19 heavy (non-hydrogen) atoms. The van der Waals surface area contributed by atoms with Crippen LogP contribution in [0.4, 0.5) is 13.2 Å². The van der Waals surface area contributed by atoms with Crippen LogP contribution in [0.25, 0.3) is 11.1 Å². The van der Waals surface area contributed by atoms with Crippen LogP contribution in [0.2, 0.25) is 0 Å². The summed E-state index contributed by atoms with van der Waals surface area (Å²) in [6, 6.07) is 15.1. The minimum Gasteiger partial charge on any atom is -0.406 e. The van der Waals surface area contributed by atoms with Crippen LogP contribution < -0.4 is 4.74 Å². The van der Waals surface area contributed by atoms with E-state index in [0.717, 1.165) is 0 Å². The van der Waals surface area contributed by atoms with E-state index in [4.69, 9.17) is 5.26 Å². The molecule has 0 heterocycles. The monoisotopic (exact) mass is 262 g/mol. The Labute approximate surface area is 107 Å². The fraction of sp³-hybridized carbons (Fsp3) is 0.0714. The number of nitrogens with zero attached hydrogens (tertiary/aromatic N) is 1. The van der Waals surface area contributed by atoms with Crippen LogP contribution in [0.5, 0.6) is 5.75 Å². The Bertz CT molecular complexity index is 612. The first-order valence-electron chi connectivity index (χ1n) is 5.26. The zero-order chi connectivity index (χ0) is 13.9. The Balaban J connectivity index is 2.31. The van der Waals surface area contributed by atoms with Gasteiger partial charge in [0, 0.05) is 5.56 Å². The lowest BCUT2D eigenvalue weighted by Crippen LogP contribution is -2.16. The van der Waals surface area contributed by atoms with Crippen molar-refractivity contribution in [2.24, 2.45) is 0 Å². The molecule has 95 valence electrons. The van der Waals surface area contributed by atoms with Crippen molar-refractivity contribution in [3.8, 4) is 22.9 Å². The molecule has 2 nitrogen and oxygen atoms in total. The van der Waals surface area contributed by atoms with Crippen LogP contribution in [0, 0.1) is 17.4 Å². The molecule has 0 atom stereocenters. The quantitative estimate of drug-likeness (QED) is 0.821. The number of nitriles is 1. The van der Waals surface area contributed by atoms with Gasteiger partial charge in [0.15, 0.2) is 0 Å². The molecular weight excluding hydrogens is 255 g/mol. The van der Waals surface area contributed by atoms with E-state index in [1.807, 2.05) is 6.07 Å². The summed E-state index contributed by atoms with van der Waals surface area (Å²) in [6.07, 6.45) is -4.71. The van der Waals surface area contributed by atoms with E-state index >= 15 is 0 Å². The lowest BCUT2D eigenvalue weighted by Gasteiger charge is -2.09. The molecule has 0 N–H and O–H groups in total. The molecule has 0 amide bonds. The van der Waals surface area contributed by atoms with Crippen LogP contribution in [0.3, 0.4) is 0 Å². The molecule has 0 aliphatic carbocycles. The highest BCUT2D eigenvalue weighted by Gasteiger charge is 2.30. The molecule has 0 aliphatic heterocycles. The number of halogens is 3. The van der Waals surface area contributed by atoms with Crippen molar-refractivity contribution in [3.63, 3.8) is 0 Å². The Morgan fingerprint density at radius 2 is 1.79 bits per heavy atom. The lowest BCUT2D eigenvalue weighted by molar-refractivity contribution is -0.274. The van der Waals surface area contributed by atoms with Gasteiger partial charge in [-0.15, -0.1) is 13.2 Å². The molecule has 0 unspecified atom stereocenters. The standard InChI is InChI=1S/C14H7F3NO/c15-14(16,17)19-12-7-5-10(6-8-12)13-4-2-1-3-11(13)9-18/h1-3,5-8H. The van der Waals surface area contributed by atoms with E-state index in [2.05, 4.69) is 10.8 Å². The molecule has 5 heteroatoms. The topological polar surface area (TPSA) is 33.0 Å². The van der Waals surface area contributed by atoms with Gasteiger partial charge in [-0.3, -0.25) is 0 Å². The summed E-state index contributed by atoms with van der Waals surface area (Å²) in [5.74, 6) is -0.300. The van der Waals surface area contributed by atoms with E-state index in [9.17, 15) is 13.2 Å². The van der Waals surface area contributed by atoms with Crippen LogP contribution in [-0.2, 0) is 0 Å². The summed E-state index contributed by atoms with van der Waals surface area (Å²) >= 11 is 0. The maximum Gasteiger partial charge on any atom is 0.573 e. The molecule has 0 spiro atoms. The smallest absolute Gasteiger partial charge is 0.406 e. The third kappa shape index (κ3) is 3.26. The summed E-state index contributed by atoms with van der Waals surface area (Å²) in [6.45, 7) is 0. The van der Waals surface area contributed by atoms with Gasteiger partial charge in [-0.1, -0.05) is 24.3 Å². The van der Waals surface area contributed by atoms with E-state index in [0.29, 0.717) is 16.7 Å². The normalized spacial score (nSPS) is 10.8. The van der Waals surface area contributed by atoms with Crippen LogP contribution in [-0.4, -0.2) is 6.36 Å². The highest BCUT2D eigenvalue weighted by molar-refractivity contribution is 5.70. The number of hydrogen-bond acceptors (Lipinski definition) is 2. The molecule has 0 aliphatic rings. The van der Waals surface area contributed by atoms with Crippen LogP contribution >= 0.6 is 0 Å². The maximum atomic E-state index is 12.0. The van der Waals surface area contributed by atoms with Crippen molar-refractivity contribution in [2.45, 2.75) is 6.36 Å². The van der Waals surface area contributed by atoms with Crippen molar-refractivity contribution in [3.05, 3.63) is 54.1 Å². The molecule has 2 rings (SSSR count). The average Bonchev–Trinajstić information content (AvgIpc) is 2.38. The third-order valence-corrected chi connectivity index (χ3v) is 2.35. The largest absolute Gasteiger partial charge is 0.573 e. The molecule has 0 fully saturated rings. The molecule has 0 saturated carbocycles. The summed E-state index contributed by atoms with van der Waals surface area (Å²) in [5, 5.41) is 8.94. The van der Waals surface area contributed by atoms with Crippen molar-refractivity contribution in [2.75, 3.05) is 0 Å². The van der Waals surface area contributed by atoms with Crippen LogP contribution in [0.1, 0.15) is 5.56 Å². The first-order valence-corrected chi connectivity index (χ1v) is 5.26. The van der Waals surface area contributed by atoms with Crippen LogP contribution in [0.15, 0.2) is 42.5 Å². The Morgan fingerprint density at radius 1 is 1.11 bits per heavy atom. The Morgan fingerprint density at radius 3 is 2.37 bits per heavy atom. The molecule has 0 bridgehead atoms. The van der Waals surface area contributed by atoms with Gasteiger partial charge in [-0.05, 0) is 29.8 Å². The summed E-state index contributed by atoms with van der Waals surface area (Å²) in [4.78, 5) is 0. The predicted molar refractivity (Wildman–Crippen MR) is 62.1 cm³/mol. The van der Waals surface area contributed by atoms with Gasteiger partial charge in [-0.25, -0.2) is 0 Å². The molecule has 0 aromatic heterocycles.